The second-order valence-electron chi connectivity index (χ2n) is 6.50. The van der Waals surface area contributed by atoms with Crippen LogP contribution in [0.3, 0.4) is 0 Å². The van der Waals surface area contributed by atoms with Crippen LogP contribution in [0.4, 0.5) is 13.2 Å². The lowest BCUT2D eigenvalue weighted by atomic mass is 10.1. The number of aromatic nitrogens is 3. The van der Waals surface area contributed by atoms with E-state index in [1.165, 1.54) is 12.1 Å². The van der Waals surface area contributed by atoms with Crippen LogP contribution >= 0.6 is 0 Å². The van der Waals surface area contributed by atoms with Crippen LogP contribution in [0.25, 0.3) is 33.7 Å². The summed E-state index contributed by atoms with van der Waals surface area (Å²) in [7, 11) is 1.80. The Balaban J connectivity index is 1.78. The predicted octanol–water partition coefficient (Wildman–Crippen LogP) is 4.58. The molecule has 0 spiro atoms. The molecule has 2 aromatic heterocycles. The van der Waals surface area contributed by atoms with Crippen LogP contribution in [0, 0.1) is 6.92 Å². The minimum Gasteiger partial charge on any atom is -0.350 e. The van der Waals surface area contributed by atoms with Crippen LogP contribution in [0.15, 0.2) is 58.0 Å². The second kappa shape index (κ2) is 6.33. The molecule has 0 aliphatic carbocycles. The highest BCUT2D eigenvalue weighted by Gasteiger charge is 2.30. The molecule has 4 aromatic rings. The van der Waals surface area contributed by atoms with Crippen molar-refractivity contribution < 1.29 is 17.7 Å². The van der Waals surface area contributed by atoms with Gasteiger partial charge in [-0.3, -0.25) is 4.79 Å². The Bertz CT molecular complexity index is 1240. The molecule has 0 saturated carbocycles. The predicted molar refractivity (Wildman–Crippen MR) is 97.7 cm³/mol. The topological polar surface area (TPSA) is 60.9 Å². The molecule has 2 aromatic carbocycles. The molecular weight excluding hydrogens is 371 g/mol. The first-order chi connectivity index (χ1) is 13.2. The SMILES string of the molecule is Cc1ccc2c(c1)c(=O)c(-c1nc(-c3ccc(C(F)(F)F)cc3)no1)cn2C. The molecule has 0 amide bonds. The average molecular weight is 385 g/mol. The summed E-state index contributed by atoms with van der Waals surface area (Å²) in [4.78, 5) is 17.1. The van der Waals surface area contributed by atoms with Gasteiger partial charge in [-0.25, -0.2) is 0 Å². The summed E-state index contributed by atoms with van der Waals surface area (Å²) in [6, 6.07) is 9.98. The number of alkyl halides is 3. The molecule has 2 heterocycles. The first-order valence-electron chi connectivity index (χ1n) is 8.36. The number of pyridine rings is 1. The number of hydrogen-bond acceptors (Lipinski definition) is 4. The normalized spacial score (nSPS) is 11.9. The minimum absolute atomic E-state index is 0.0129. The Labute approximate surface area is 157 Å². The van der Waals surface area contributed by atoms with Gasteiger partial charge in [0, 0.05) is 24.2 Å². The van der Waals surface area contributed by atoms with Crippen LogP contribution in [0.5, 0.6) is 0 Å². The summed E-state index contributed by atoms with van der Waals surface area (Å²) in [5, 5.41) is 4.33. The Morgan fingerprint density at radius 3 is 2.46 bits per heavy atom. The van der Waals surface area contributed by atoms with E-state index in [0.29, 0.717) is 10.9 Å². The second-order valence-corrected chi connectivity index (χ2v) is 6.50. The fraction of sp³-hybridized carbons (Fsp3) is 0.150. The van der Waals surface area contributed by atoms with Crippen molar-refractivity contribution in [1.82, 2.24) is 14.7 Å². The van der Waals surface area contributed by atoms with Gasteiger partial charge >= 0.3 is 6.18 Å². The van der Waals surface area contributed by atoms with Gasteiger partial charge in [-0.2, -0.15) is 18.2 Å². The Morgan fingerprint density at radius 2 is 1.79 bits per heavy atom. The maximum absolute atomic E-state index is 12.9. The molecule has 8 heteroatoms. The quantitative estimate of drug-likeness (QED) is 0.507. The van der Waals surface area contributed by atoms with Gasteiger partial charge in [0.1, 0.15) is 5.56 Å². The largest absolute Gasteiger partial charge is 0.416 e. The molecule has 0 aliphatic rings. The van der Waals surface area contributed by atoms with Crippen molar-refractivity contribution in [3.8, 4) is 22.8 Å². The lowest BCUT2D eigenvalue weighted by Gasteiger charge is -2.07. The molecule has 0 atom stereocenters. The standard InChI is InChI=1S/C20H14F3N3O2/c1-11-3-8-16-14(9-11)17(27)15(10-26(16)2)19-24-18(25-28-19)12-4-6-13(7-5-12)20(21,22)23/h3-10H,1-2H3. The first kappa shape index (κ1) is 18.0. The molecule has 0 unspecified atom stereocenters. The van der Waals surface area contributed by atoms with E-state index in [0.717, 1.165) is 23.2 Å². The lowest BCUT2D eigenvalue weighted by molar-refractivity contribution is -0.137. The highest BCUT2D eigenvalue weighted by Crippen LogP contribution is 2.30. The van der Waals surface area contributed by atoms with Gasteiger partial charge in [0.15, 0.2) is 0 Å². The third-order valence-electron chi connectivity index (χ3n) is 4.47. The average Bonchev–Trinajstić information content (AvgIpc) is 3.14. The van der Waals surface area contributed by atoms with Gasteiger partial charge in [-0.15, -0.1) is 0 Å². The summed E-state index contributed by atoms with van der Waals surface area (Å²) in [5.41, 5.74) is 1.28. The minimum atomic E-state index is -4.42. The molecule has 142 valence electrons. The molecule has 28 heavy (non-hydrogen) atoms. The highest BCUT2D eigenvalue weighted by atomic mass is 19.4. The van der Waals surface area contributed by atoms with Gasteiger partial charge in [0.2, 0.25) is 11.3 Å². The molecular formula is C20H14F3N3O2. The Morgan fingerprint density at radius 1 is 1.07 bits per heavy atom. The molecule has 0 N–H and O–H groups in total. The first-order valence-corrected chi connectivity index (χ1v) is 8.36. The summed E-state index contributed by atoms with van der Waals surface area (Å²) in [5.74, 6) is 0.119. The van der Waals surface area contributed by atoms with Gasteiger partial charge < -0.3 is 9.09 Å². The van der Waals surface area contributed by atoms with E-state index in [1.807, 2.05) is 19.1 Å². The van der Waals surface area contributed by atoms with E-state index >= 15 is 0 Å². The van der Waals surface area contributed by atoms with Crippen molar-refractivity contribution in [2.24, 2.45) is 7.05 Å². The fourth-order valence-corrected chi connectivity index (χ4v) is 3.02. The highest BCUT2D eigenvalue weighted by molar-refractivity contribution is 5.83. The summed E-state index contributed by atoms with van der Waals surface area (Å²) in [6.07, 6.45) is -2.82. The number of aryl methyl sites for hydroxylation is 2. The number of rotatable bonds is 2. The van der Waals surface area contributed by atoms with Crippen molar-refractivity contribution in [1.29, 1.82) is 0 Å². The van der Waals surface area contributed by atoms with Crippen LogP contribution in [0.1, 0.15) is 11.1 Å². The van der Waals surface area contributed by atoms with Crippen molar-refractivity contribution >= 4 is 10.9 Å². The van der Waals surface area contributed by atoms with Gasteiger partial charge in [0.25, 0.3) is 5.89 Å². The zero-order chi connectivity index (χ0) is 20.1. The lowest BCUT2D eigenvalue weighted by Crippen LogP contribution is -2.10. The van der Waals surface area contributed by atoms with Gasteiger partial charge in [-0.05, 0) is 31.2 Å². The van der Waals surface area contributed by atoms with E-state index < -0.39 is 11.7 Å². The zero-order valence-corrected chi connectivity index (χ0v) is 14.9. The third-order valence-corrected chi connectivity index (χ3v) is 4.47. The van der Waals surface area contributed by atoms with Crippen molar-refractivity contribution in [3.05, 3.63) is 70.0 Å². The van der Waals surface area contributed by atoms with E-state index in [1.54, 1.807) is 23.9 Å². The van der Waals surface area contributed by atoms with Gasteiger partial charge in [0.05, 0.1) is 11.1 Å². The number of nitrogens with zero attached hydrogens (tertiary/aromatic N) is 3. The molecule has 0 aliphatic heterocycles. The van der Waals surface area contributed by atoms with Crippen LogP contribution in [0.2, 0.25) is 0 Å². The van der Waals surface area contributed by atoms with Crippen molar-refractivity contribution in [3.63, 3.8) is 0 Å². The van der Waals surface area contributed by atoms with E-state index in [9.17, 15) is 18.0 Å². The molecule has 0 radical (unpaired) electrons. The van der Waals surface area contributed by atoms with Crippen molar-refractivity contribution in [2.75, 3.05) is 0 Å². The summed E-state index contributed by atoms with van der Waals surface area (Å²) in [6.45, 7) is 1.89. The molecule has 0 fully saturated rings. The van der Waals surface area contributed by atoms with E-state index in [2.05, 4.69) is 10.1 Å². The number of benzene rings is 2. The van der Waals surface area contributed by atoms with Crippen LogP contribution in [-0.4, -0.2) is 14.7 Å². The maximum atomic E-state index is 12.9. The number of halogens is 3. The van der Waals surface area contributed by atoms with Crippen LogP contribution < -0.4 is 5.43 Å². The van der Waals surface area contributed by atoms with Crippen molar-refractivity contribution in [2.45, 2.75) is 13.1 Å². The third kappa shape index (κ3) is 3.06. The van der Waals surface area contributed by atoms with Gasteiger partial charge in [-0.1, -0.05) is 28.9 Å². The Hall–Kier alpha value is -3.42. The Kier molecular flexibility index (Phi) is 4.06. The van der Waals surface area contributed by atoms with E-state index in [-0.39, 0.29) is 22.7 Å². The van der Waals surface area contributed by atoms with E-state index in [4.69, 9.17) is 4.52 Å². The smallest absolute Gasteiger partial charge is 0.350 e. The fourth-order valence-electron chi connectivity index (χ4n) is 3.02. The monoisotopic (exact) mass is 385 g/mol. The summed E-state index contributed by atoms with van der Waals surface area (Å²) < 4.78 is 45.1. The molecule has 0 bridgehead atoms. The summed E-state index contributed by atoms with van der Waals surface area (Å²) >= 11 is 0. The maximum Gasteiger partial charge on any atom is 0.416 e. The molecule has 0 saturated heterocycles. The number of hydrogen-bond donors (Lipinski definition) is 0. The zero-order valence-electron chi connectivity index (χ0n) is 14.9. The molecule has 4 rings (SSSR count). The number of fused-ring (bicyclic) bond motifs is 1. The molecule has 5 nitrogen and oxygen atoms in total. The van der Waals surface area contributed by atoms with Crippen LogP contribution in [-0.2, 0) is 13.2 Å².